The second-order valence-electron chi connectivity index (χ2n) is 5.77. The Labute approximate surface area is 127 Å². The molecule has 0 saturated heterocycles. The largest absolute Gasteiger partial charge is 0.330 e. The van der Waals surface area contributed by atoms with Crippen LogP contribution in [-0.2, 0) is 11.3 Å². The van der Waals surface area contributed by atoms with Gasteiger partial charge in [0, 0.05) is 18.7 Å². The Hall–Kier alpha value is -2.09. The zero-order valence-electron chi connectivity index (χ0n) is 13.4. The van der Waals surface area contributed by atoms with E-state index in [1.54, 1.807) is 0 Å². The summed E-state index contributed by atoms with van der Waals surface area (Å²) < 4.78 is 0. The fourth-order valence-electron chi connectivity index (χ4n) is 2.80. The van der Waals surface area contributed by atoms with Crippen molar-refractivity contribution in [2.75, 3.05) is 6.54 Å². The number of rotatable bonds is 4. The van der Waals surface area contributed by atoms with Gasteiger partial charge in [0.25, 0.3) is 5.91 Å². The molecular formula is C19H23NO. The third-order valence-electron chi connectivity index (χ3n) is 3.84. The van der Waals surface area contributed by atoms with E-state index in [0.717, 1.165) is 16.7 Å². The second-order valence-corrected chi connectivity index (χ2v) is 5.77. The van der Waals surface area contributed by atoms with Gasteiger partial charge in [0.15, 0.2) is 0 Å². The monoisotopic (exact) mass is 281 g/mol. The molecule has 0 aromatic heterocycles. The highest BCUT2D eigenvalue weighted by Gasteiger charge is 2.29. The summed E-state index contributed by atoms with van der Waals surface area (Å²) in [6.45, 7) is 13.3. The lowest BCUT2D eigenvalue weighted by Crippen LogP contribution is -2.27. The maximum Gasteiger partial charge on any atom is 0.255 e. The minimum Gasteiger partial charge on any atom is -0.330 e. The number of hydrogen-bond acceptors (Lipinski definition) is 1. The Balaban J connectivity index is 2.25. The van der Waals surface area contributed by atoms with Gasteiger partial charge in [-0.2, -0.15) is 0 Å². The van der Waals surface area contributed by atoms with Crippen molar-refractivity contribution in [1.29, 1.82) is 0 Å². The van der Waals surface area contributed by atoms with Crippen LogP contribution in [0.25, 0.3) is 0 Å². The van der Waals surface area contributed by atoms with Gasteiger partial charge in [-0.05, 0) is 50.0 Å². The number of allylic oxidation sites excluding steroid dienone is 1. The van der Waals surface area contributed by atoms with Gasteiger partial charge in [-0.25, -0.2) is 0 Å². The van der Waals surface area contributed by atoms with Gasteiger partial charge < -0.3 is 4.90 Å². The van der Waals surface area contributed by atoms with Crippen molar-refractivity contribution >= 4 is 5.91 Å². The normalized spacial score (nSPS) is 15.4. The highest BCUT2D eigenvalue weighted by Crippen LogP contribution is 2.27. The minimum absolute atomic E-state index is 0.0931. The standard InChI is InChI=1S/C19H23NO/c1-6-7-17-12-20(19(21)18(17)13(2)3)11-16-9-8-14(4)10-15(16)5/h6-10H,2,11-12H2,1,3-5H3/b7-6-. The lowest BCUT2D eigenvalue weighted by atomic mass is 10.0. The minimum atomic E-state index is 0.0931. The van der Waals surface area contributed by atoms with E-state index in [1.807, 2.05) is 30.9 Å². The molecule has 2 heteroatoms. The molecule has 0 fully saturated rings. The Morgan fingerprint density at radius 1 is 1.38 bits per heavy atom. The third-order valence-corrected chi connectivity index (χ3v) is 3.84. The molecule has 0 saturated carbocycles. The fourth-order valence-corrected chi connectivity index (χ4v) is 2.80. The quantitative estimate of drug-likeness (QED) is 0.814. The van der Waals surface area contributed by atoms with Crippen LogP contribution < -0.4 is 0 Å². The van der Waals surface area contributed by atoms with Crippen molar-refractivity contribution in [3.8, 4) is 0 Å². The molecule has 1 aromatic rings. The molecule has 0 unspecified atom stereocenters. The maximum atomic E-state index is 12.6. The number of aryl methyl sites for hydroxylation is 2. The Bertz CT molecular complexity index is 650. The van der Waals surface area contributed by atoms with E-state index in [4.69, 9.17) is 0 Å². The summed E-state index contributed by atoms with van der Waals surface area (Å²) in [4.78, 5) is 14.5. The maximum absolute atomic E-state index is 12.6. The molecule has 1 amide bonds. The predicted octanol–water partition coefficient (Wildman–Crippen LogP) is 4.09. The average Bonchev–Trinajstić information content (AvgIpc) is 2.70. The van der Waals surface area contributed by atoms with Crippen LogP contribution in [0.3, 0.4) is 0 Å². The van der Waals surface area contributed by atoms with Gasteiger partial charge in [-0.15, -0.1) is 0 Å². The van der Waals surface area contributed by atoms with Crippen LogP contribution in [-0.4, -0.2) is 17.4 Å². The lowest BCUT2D eigenvalue weighted by molar-refractivity contribution is -0.125. The van der Waals surface area contributed by atoms with E-state index in [1.165, 1.54) is 16.7 Å². The number of nitrogens with zero attached hydrogens (tertiary/aromatic N) is 1. The van der Waals surface area contributed by atoms with Crippen molar-refractivity contribution in [1.82, 2.24) is 4.90 Å². The Morgan fingerprint density at radius 3 is 2.67 bits per heavy atom. The number of benzene rings is 1. The Morgan fingerprint density at radius 2 is 2.10 bits per heavy atom. The summed E-state index contributed by atoms with van der Waals surface area (Å²) in [7, 11) is 0. The zero-order valence-corrected chi connectivity index (χ0v) is 13.4. The highest BCUT2D eigenvalue weighted by molar-refractivity contribution is 6.01. The first-order valence-electron chi connectivity index (χ1n) is 7.31. The van der Waals surface area contributed by atoms with Crippen molar-refractivity contribution in [3.63, 3.8) is 0 Å². The average molecular weight is 281 g/mol. The van der Waals surface area contributed by atoms with Crippen molar-refractivity contribution in [2.45, 2.75) is 34.2 Å². The molecule has 0 radical (unpaired) electrons. The zero-order chi connectivity index (χ0) is 15.6. The molecular weight excluding hydrogens is 258 g/mol. The summed E-state index contributed by atoms with van der Waals surface area (Å²) >= 11 is 0. The van der Waals surface area contributed by atoms with Crippen LogP contribution in [0.4, 0.5) is 0 Å². The number of carbonyl (C=O) groups excluding carboxylic acids is 1. The lowest BCUT2D eigenvalue weighted by Gasteiger charge is -2.18. The summed E-state index contributed by atoms with van der Waals surface area (Å²) in [5, 5.41) is 0. The van der Waals surface area contributed by atoms with E-state index >= 15 is 0 Å². The van der Waals surface area contributed by atoms with Gasteiger partial charge >= 0.3 is 0 Å². The smallest absolute Gasteiger partial charge is 0.255 e. The molecule has 0 bridgehead atoms. The number of amides is 1. The van der Waals surface area contributed by atoms with E-state index < -0.39 is 0 Å². The van der Waals surface area contributed by atoms with Gasteiger partial charge in [0.2, 0.25) is 0 Å². The Kier molecular flexibility index (Phi) is 4.46. The topological polar surface area (TPSA) is 20.3 Å². The molecule has 110 valence electrons. The summed E-state index contributed by atoms with van der Waals surface area (Å²) in [6, 6.07) is 6.38. The predicted molar refractivity (Wildman–Crippen MR) is 88.0 cm³/mol. The first-order chi connectivity index (χ1) is 9.93. The highest BCUT2D eigenvalue weighted by atomic mass is 16.2. The van der Waals surface area contributed by atoms with Gasteiger partial charge in [0.05, 0.1) is 0 Å². The van der Waals surface area contributed by atoms with Crippen LogP contribution in [0.1, 0.15) is 30.5 Å². The molecule has 2 nitrogen and oxygen atoms in total. The van der Waals surface area contributed by atoms with Crippen LogP contribution >= 0.6 is 0 Å². The molecule has 0 atom stereocenters. The second kappa shape index (κ2) is 6.13. The van der Waals surface area contributed by atoms with Crippen molar-refractivity contribution in [2.24, 2.45) is 0 Å². The van der Waals surface area contributed by atoms with Crippen LogP contribution in [0, 0.1) is 13.8 Å². The summed E-state index contributed by atoms with van der Waals surface area (Å²) in [6.07, 6.45) is 4.00. The first-order valence-corrected chi connectivity index (χ1v) is 7.31. The SMILES string of the molecule is C=C(C)C1=C(/C=C\C)CN(Cc2ccc(C)cc2C)C1=O. The van der Waals surface area contributed by atoms with Gasteiger partial charge in [-0.1, -0.05) is 42.5 Å². The van der Waals surface area contributed by atoms with E-state index in [-0.39, 0.29) is 5.91 Å². The van der Waals surface area contributed by atoms with Crippen LogP contribution in [0.15, 0.2) is 53.6 Å². The van der Waals surface area contributed by atoms with Crippen LogP contribution in [0.5, 0.6) is 0 Å². The molecule has 2 rings (SSSR count). The summed E-state index contributed by atoms with van der Waals surface area (Å²) in [5.74, 6) is 0.0931. The summed E-state index contributed by atoms with van der Waals surface area (Å²) in [5.41, 5.74) is 6.38. The molecule has 1 aliphatic rings. The van der Waals surface area contributed by atoms with Gasteiger partial charge in [0.1, 0.15) is 0 Å². The molecule has 21 heavy (non-hydrogen) atoms. The fraction of sp³-hybridized carbons (Fsp3) is 0.316. The van der Waals surface area contributed by atoms with E-state index in [9.17, 15) is 4.79 Å². The molecule has 0 aliphatic carbocycles. The number of carbonyl (C=O) groups is 1. The van der Waals surface area contributed by atoms with Crippen LogP contribution in [0.2, 0.25) is 0 Å². The van der Waals surface area contributed by atoms with E-state index in [0.29, 0.717) is 13.1 Å². The van der Waals surface area contributed by atoms with Crippen molar-refractivity contribution in [3.05, 3.63) is 70.3 Å². The third kappa shape index (κ3) is 3.15. The molecule has 1 aromatic carbocycles. The van der Waals surface area contributed by atoms with E-state index in [2.05, 4.69) is 38.6 Å². The molecule has 1 aliphatic heterocycles. The van der Waals surface area contributed by atoms with Crippen molar-refractivity contribution < 1.29 is 4.79 Å². The van der Waals surface area contributed by atoms with Gasteiger partial charge in [-0.3, -0.25) is 4.79 Å². The number of hydrogen-bond donors (Lipinski definition) is 0. The first kappa shape index (κ1) is 15.3. The molecule has 0 spiro atoms. The molecule has 0 N–H and O–H groups in total. The molecule has 1 heterocycles.